The molecule has 2 atom stereocenters. The highest BCUT2D eigenvalue weighted by Crippen LogP contribution is 2.44. The van der Waals surface area contributed by atoms with E-state index in [1.54, 1.807) is 6.92 Å². The third kappa shape index (κ3) is 2.51. The molecule has 19 heavy (non-hydrogen) atoms. The Morgan fingerprint density at radius 1 is 1.47 bits per heavy atom. The van der Waals surface area contributed by atoms with Gasteiger partial charge in [-0.3, -0.25) is 4.79 Å². The molecule has 0 radical (unpaired) electrons. The second-order valence-electron chi connectivity index (χ2n) is 6.27. The Morgan fingerprint density at radius 2 is 2.11 bits per heavy atom. The van der Waals surface area contributed by atoms with Crippen LogP contribution in [-0.4, -0.2) is 16.8 Å². The third-order valence-corrected chi connectivity index (χ3v) is 4.12. The Kier molecular flexibility index (Phi) is 3.65. The summed E-state index contributed by atoms with van der Waals surface area (Å²) in [5.74, 6) is 0.450. The van der Waals surface area contributed by atoms with Crippen LogP contribution in [0, 0.1) is 6.92 Å². The van der Waals surface area contributed by atoms with Crippen molar-refractivity contribution in [2.45, 2.75) is 57.9 Å². The van der Waals surface area contributed by atoms with E-state index in [9.17, 15) is 4.79 Å². The lowest BCUT2D eigenvalue weighted by Crippen LogP contribution is -2.53. The predicted molar refractivity (Wildman–Crippen MR) is 81.1 cm³/mol. The second kappa shape index (κ2) is 4.82. The molecule has 1 aromatic carbocycles. The number of rotatable bonds is 1. The van der Waals surface area contributed by atoms with Gasteiger partial charge >= 0.3 is 0 Å². The van der Waals surface area contributed by atoms with E-state index in [-0.39, 0.29) is 11.4 Å². The second-order valence-corrected chi connectivity index (χ2v) is 6.92. The summed E-state index contributed by atoms with van der Waals surface area (Å²) in [6.07, 6.45) is 0.957. The lowest BCUT2D eigenvalue weighted by molar-refractivity contribution is -0.119. The van der Waals surface area contributed by atoms with E-state index in [0.717, 1.165) is 12.1 Å². The van der Waals surface area contributed by atoms with Crippen molar-refractivity contribution in [3.63, 3.8) is 0 Å². The van der Waals surface area contributed by atoms with Crippen LogP contribution in [0.2, 0.25) is 0 Å². The first-order valence-corrected chi connectivity index (χ1v) is 7.26. The van der Waals surface area contributed by atoms with Gasteiger partial charge in [0.15, 0.2) is 0 Å². The van der Waals surface area contributed by atoms with Gasteiger partial charge in [-0.2, -0.15) is 0 Å². The smallest absolute Gasteiger partial charge is 0.245 e. The molecule has 2 rings (SSSR count). The molecule has 0 saturated carbocycles. The SMILES string of the molecule is Cc1ccc2c(c1)N(C(=O)[C@H](C)Cl)C(C)(C)C[C@@H]2C. The molecule has 0 fully saturated rings. The van der Waals surface area contributed by atoms with Gasteiger partial charge in [-0.15, -0.1) is 11.6 Å². The number of hydrogen-bond acceptors (Lipinski definition) is 1. The highest BCUT2D eigenvalue weighted by Gasteiger charge is 2.40. The van der Waals surface area contributed by atoms with Crippen molar-refractivity contribution in [1.82, 2.24) is 0 Å². The van der Waals surface area contributed by atoms with E-state index in [4.69, 9.17) is 11.6 Å². The molecule has 0 aromatic heterocycles. The fraction of sp³-hybridized carbons (Fsp3) is 0.562. The van der Waals surface area contributed by atoms with Crippen LogP contribution in [-0.2, 0) is 4.79 Å². The quantitative estimate of drug-likeness (QED) is 0.704. The molecule has 0 spiro atoms. The Labute approximate surface area is 120 Å². The number of benzene rings is 1. The topological polar surface area (TPSA) is 20.3 Å². The van der Waals surface area contributed by atoms with Crippen molar-refractivity contribution in [3.8, 4) is 0 Å². The Morgan fingerprint density at radius 3 is 2.68 bits per heavy atom. The molecular weight excluding hydrogens is 258 g/mol. The molecular formula is C16H22ClNO. The molecule has 2 nitrogen and oxygen atoms in total. The van der Waals surface area contributed by atoms with E-state index in [0.29, 0.717) is 5.92 Å². The number of aryl methyl sites for hydroxylation is 1. The fourth-order valence-electron chi connectivity index (χ4n) is 3.14. The highest BCUT2D eigenvalue weighted by molar-refractivity contribution is 6.32. The number of anilines is 1. The number of halogens is 1. The zero-order valence-electron chi connectivity index (χ0n) is 12.3. The summed E-state index contributed by atoms with van der Waals surface area (Å²) in [5, 5.41) is -0.499. The lowest BCUT2D eigenvalue weighted by Gasteiger charge is -2.46. The van der Waals surface area contributed by atoms with Crippen molar-refractivity contribution in [1.29, 1.82) is 0 Å². The molecule has 0 N–H and O–H groups in total. The summed E-state index contributed by atoms with van der Waals surface area (Å²) in [6.45, 7) is 10.3. The van der Waals surface area contributed by atoms with Crippen molar-refractivity contribution in [2.24, 2.45) is 0 Å². The number of carbonyl (C=O) groups excluding carboxylic acids is 1. The van der Waals surface area contributed by atoms with Crippen LogP contribution in [0.3, 0.4) is 0 Å². The van der Waals surface area contributed by atoms with E-state index in [1.165, 1.54) is 11.1 Å². The molecule has 104 valence electrons. The minimum Gasteiger partial charge on any atom is -0.305 e. The Bertz CT molecular complexity index is 507. The Balaban J connectivity index is 2.60. The van der Waals surface area contributed by atoms with E-state index >= 15 is 0 Å². The summed E-state index contributed by atoms with van der Waals surface area (Å²) < 4.78 is 0. The lowest BCUT2D eigenvalue weighted by atomic mass is 9.79. The van der Waals surface area contributed by atoms with Gasteiger partial charge in [0.1, 0.15) is 5.38 Å². The largest absolute Gasteiger partial charge is 0.305 e. The van der Waals surface area contributed by atoms with E-state index in [2.05, 4.69) is 45.9 Å². The zero-order chi connectivity index (χ0) is 14.4. The highest BCUT2D eigenvalue weighted by atomic mass is 35.5. The normalized spacial score (nSPS) is 22.8. The standard InChI is InChI=1S/C16H22ClNO/c1-10-6-7-13-11(2)9-16(4,5)18(14(13)8-10)15(19)12(3)17/h6-8,11-12H,9H2,1-5H3/t11-,12-/m0/s1. The molecule has 1 aliphatic rings. The minimum atomic E-state index is -0.499. The molecule has 1 heterocycles. The predicted octanol–water partition coefficient (Wildman–Crippen LogP) is 4.24. The summed E-state index contributed by atoms with van der Waals surface area (Å²) >= 11 is 6.04. The van der Waals surface area contributed by atoms with Crippen LogP contribution in [0.5, 0.6) is 0 Å². The van der Waals surface area contributed by atoms with Crippen LogP contribution in [0.1, 0.15) is 51.2 Å². The molecule has 1 aliphatic heterocycles. The van der Waals surface area contributed by atoms with Crippen molar-refractivity contribution in [3.05, 3.63) is 29.3 Å². The zero-order valence-corrected chi connectivity index (χ0v) is 13.1. The summed E-state index contributed by atoms with van der Waals surface area (Å²) in [7, 11) is 0. The molecule has 1 amide bonds. The van der Waals surface area contributed by atoms with Crippen LogP contribution < -0.4 is 4.90 Å². The van der Waals surface area contributed by atoms with Crippen molar-refractivity contribution < 1.29 is 4.79 Å². The van der Waals surface area contributed by atoms with Gasteiger partial charge < -0.3 is 4.90 Å². The molecule has 0 unspecified atom stereocenters. The van der Waals surface area contributed by atoms with Gasteiger partial charge in [-0.25, -0.2) is 0 Å². The number of alkyl halides is 1. The minimum absolute atomic E-state index is 0.00887. The molecule has 0 bridgehead atoms. The number of amides is 1. The molecule has 0 saturated heterocycles. The van der Waals surface area contributed by atoms with Crippen LogP contribution in [0.25, 0.3) is 0 Å². The maximum absolute atomic E-state index is 12.5. The molecule has 1 aromatic rings. The maximum Gasteiger partial charge on any atom is 0.245 e. The van der Waals surface area contributed by atoms with Crippen molar-refractivity contribution in [2.75, 3.05) is 4.90 Å². The van der Waals surface area contributed by atoms with E-state index < -0.39 is 5.38 Å². The number of fused-ring (bicyclic) bond motifs is 1. The number of hydrogen-bond donors (Lipinski definition) is 0. The first kappa shape index (κ1) is 14.4. The summed E-state index contributed by atoms with van der Waals surface area (Å²) in [6, 6.07) is 6.36. The average Bonchev–Trinajstić information content (AvgIpc) is 2.26. The van der Waals surface area contributed by atoms with Gasteiger partial charge in [0.2, 0.25) is 5.91 Å². The fourth-order valence-corrected chi connectivity index (χ4v) is 3.23. The monoisotopic (exact) mass is 279 g/mol. The molecule has 0 aliphatic carbocycles. The number of carbonyl (C=O) groups is 1. The van der Waals surface area contributed by atoms with Crippen molar-refractivity contribution >= 4 is 23.2 Å². The van der Waals surface area contributed by atoms with Crippen LogP contribution >= 0.6 is 11.6 Å². The average molecular weight is 280 g/mol. The third-order valence-electron chi connectivity index (χ3n) is 3.93. The summed E-state index contributed by atoms with van der Waals surface area (Å²) in [5.41, 5.74) is 3.25. The van der Waals surface area contributed by atoms with Gasteiger partial charge in [0, 0.05) is 11.2 Å². The number of nitrogens with zero attached hydrogens (tertiary/aromatic N) is 1. The first-order valence-electron chi connectivity index (χ1n) is 6.83. The van der Waals surface area contributed by atoms with Gasteiger partial charge in [-0.1, -0.05) is 19.1 Å². The summed E-state index contributed by atoms with van der Waals surface area (Å²) in [4.78, 5) is 14.4. The first-order chi connectivity index (χ1) is 8.74. The van der Waals surface area contributed by atoms with Gasteiger partial charge in [0.25, 0.3) is 0 Å². The van der Waals surface area contributed by atoms with Gasteiger partial charge in [-0.05, 0) is 57.2 Å². The van der Waals surface area contributed by atoms with Crippen LogP contribution in [0.4, 0.5) is 5.69 Å². The Hall–Kier alpha value is -1.02. The van der Waals surface area contributed by atoms with Crippen LogP contribution in [0.15, 0.2) is 18.2 Å². The van der Waals surface area contributed by atoms with E-state index in [1.807, 2.05) is 4.90 Å². The molecule has 3 heteroatoms. The maximum atomic E-state index is 12.5. The van der Waals surface area contributed by atoms with Gasteiger partial charge in [0.05, 0.1) is 0 Å².